The van der Waals surface area contributed by atoms with Crippen LogP contribution >= 0.6 is 0 Å². The van der Waals surface area contributed by atoms with Crippen molar-refractivity contribution in [3.05, 3.63) is 59.7 Å². The zero-order valence-corrected chi connectivity index (χ0v) is 12.0. The predicted octanol–water partition coefficient (Wildman–Crippen LogP) is 4.62. The molecule has 2 heterocycles. The molecule has 0 fully saturated rings. The number of rotatable bonds is 3. The fraction of sp³-hybridized carbons (Fsp3) is 0.235. The Morgan fingerprint density at radius 1 is 1.10 bits per heavy atom. The monoisotopic (exact) mass is 266 g/mol. The summed E-state index contributed by atoms with van der Waals surface area (Å²) in [6.45, 7) is 6.07. The van der Waals surface area contributed by atoms with E-state index in [0.717, 1.165) is 33.8 Å². The first-order valence-electron chi connectivity index (χ1n) is 6.83. The van der Waals surface area contributed by atoms with Crippen molar-refractivity contribution < 1.29 is 4.42 Å². The van der Waals surface area contributed by atoms with Crippen molar-refractivity contribution in [3.63, 3.8) is 0 Å². The van der Waals surface area contributed by atoms with Crippen LogP contribution in [0.25, 0.3) is 10.9 Å². The molecule has 1 aromatic carbocycles. The second-order valence-electron chi connectivity index (χ2n) is 5.14. The minimum Gasteiger partial charge on any atom is -0.464 e. The minimum absolute atomic E-state index is 0.119. The summed E-state index contributed by atoms with van der Waals surface area (Å²) >= 11 is 0. The van der Waals surface area contributed by atoms with Gasteiger partial charge in [0, 0.05) is 16.8 Å². The molecule has 3 heteroatoms. The lowest BCUT2D eigenvalue weighted by Crippen LogP contribution is -2.06. The molecule has 102 valence electrons. The summed E-state index contributed by atoms with van der Waals surface area (Å²) in [6, 6.07) is 14.4. The summed E-state index contributed by atoms with van der Waals surface area (Å²) in [4.78, 5) is 4.56. The van der Waals surface area contributed by atoms with E-state index in [-0.39, 0.29) is 6.04 Å². The number of aryl methyl sites for hydroxylation is 2. The van der Waals surface area contributed by atoms with Crippen LogP contribution in [0.1, 0.15) is 30.2 Å². The summed E-state index contributed by atoms with van der Waals surface area (Å²) in [5.41, 5.74) is 3.11. The molecule has 3 rings (SSSR count). The molecule has 0 aliphatic heterocycles. The van der Waals surface area contributed by atoms with Gasteiger partial charge in [-0.05, 0) is 45.0 Å². The van der Waals surface area contributed by atoms with Crippen LogP contribution < -0.4 is 5.32 Å². The van der Waals surface area contributed by atoms with Crippen molar-refractivity contribution in [2.75, 3.05) is 5.32 Å². The topological polar surface area (TPSA) is 38.1 Å². The zero-order chi connectivity index (χ0) is 14.1. The van der Waals surface area contributed by atoms with E-state index in [1.54, 1.807) is 0 Å². The second kappa shape index (κ2) is 5.00. The molecule has 20 heavy (non-hydrogen) atoms. The summed E-state index contributed by atoms with van der Waals surface area (Å²) in [5, 5.41) is 4.65. The maximum atomic E-state index is 5.68. The zero-order valence-electron chi connectivity index (χ0n) is 12.0. The van der Waals surface area contributed by atoms with Crippen LogP contribution in [0.2, 0.25) is 0 Å². The highest BCUT2D eigenvalue weighted by Gasteiger charge is 2.11. The number of fused-ring (bicyclic) bond motifs is 1. The predicted molar refractivity (Wildman–Crippen MR) is 82.0 cm³/mol. The fourth-order valence-electron chi connectivity index (χ4n) is 2.42. The Morgan fingerprint density at radius 2 is 1.90 bits per heavy atom. The van der Waals surface area contributed by atoms with Gasteiger partial charge in [0.1, 0.15) is 11.5 Å². The van der Waals surface area contributed by atoms with E-state index in [1.165, 1.54) is 0 Å². The molecule has 0 amide bonds. The number of para-hydroxylation sites is 1. The number of hydrogen-bond donors (Lipinski definition) is 1. The molecule has 1 N–H and O–H groups in total. The molecule has 0 saturated heterocycles. The van der Waals surface area contributed by atoms with Crippen molar-refractivity contribution in [3.8, 4) is 0 Å². The number of anilines is 1. The molecule has 1 atom stereocenters. The maximum Gasteiger partial charge on any atom is 0.126 e. The standard InChI is InChI=1S/C17H18N2O/c1-11-10-16(14-6-4-5-7-15(14)18-11)19-13(3)17-9-8-12(2)20-17/h4-10,13H,1-3H3,(H,18,19). The lowest BCUT2D eigenvalue weighted by Gasteiger charge is -2.15. The van der Waals surface area contributed by atoms with Crippen LogP contribution in [-0.2, 0) is 0 Å². The van der Waals surface area contributed by atoms with Gasteiger partial charge in [0.05, 0.1) is 11.6 Å². The van der Waals surface area contributed by atoms with Crippen LogP contribution in [-0.4, -0.2) is 4.98 Å². The third-order valence-electron chi connectivity index (χ3n) is 3.40. The van der Waals surface area contributed by atoms with E-state index in [2.05, 4.69) is 29.4 Å². The van der Waals surface area contributed by atoms with Crippen LogP contribution in [0.15, 0.2) is 46.9 Å². The Hall–Kier alpha value is -2.29. The molecule has 0 aliphatic rings. The van der Waals surface area contributed by atoms with E-state index in [0.29, 0.717) is 0 Å². The van der Waals surface area contributed by atoms with E-state index in [9.17, 15) is 0 Å². The van der Waals surface area contributed by atoms with Crippen molar-refractivity contribution in [2.24, 2.45) is 0 Å². The number of pyridine rings is 1. The van der Waals surface area contributed by atoms with Gasteiger partial charge in [-0.25, -0.2) is 0 Å². The summed E-state index contributed by atoms with van der Waals surface area (Å²) in [5.74, 6) is 1.88. The molecule has 3 aromatic rings. The lowest BCUT2D eigenvalue weighted by molar-refractivity contribution is 0.467. The van der Waals surface area contributed by atoms with Gasteiger partial charge in [-0.15, -0.1) is 0 Å². The smallest absolute Gasteiger partial charge is 0.126 e. The summed E-state index contributed by atoms with van der Waals surface area (Å²) < 4.78 is 5.68. The van der Waals surface area contributed by atoms with Crippen LogP contribution in [0.5, 0.6) is 0 Å². The van der Waals surface area contributed by atoms with Gasteiger partial charge in [-0.2, -0.15) is 0 Å². The highest BCUT2D eigenvalue weighted by molar-refractivity contribution is 5.91. The molecule has 0 aliphatic carbocycles. The molecular formula is C17H18N2O. The van der Waals surface area contributed by atoms with Gasteiger partial charge in [0.15, 0.2) is 0 Å². The molecule has 2 aromatic heterocycles. The molecule has 0 saturated carbocycles. The maximum absolute atomic E-state index is 5.68. The molecule has 0 bridgehead atoms. The largest absolute Gasteiger partial charge is 0.464 e. The van der Waals surface area contributed by atoms with Crippen molar-refractivity contribution in [1.82, 2.24) is 4.98 Å². The van der Waals surface area contributed by atoms with Crippen molar-refractivity contribution in [2.45, 2.75) is 26.8 Å². The van der Waals surface area contributed by atoms with Crippen LogP contribution in [0, 0.1) is 13.8 Å². The number of nitrogens with one attached hydrogen (secondary N) is 1. The number of aromatic nitrogens is 1. The SMILES string of the molecule is Cc1cc(NC(C)c2ccc(C)o2)c2ccccc2n1. The Kier molecular flexibility index (Phi) is 3.18. The Bertz CT molecular complexity index is 746. The normalized spacial score (nSPS) is 12.6. The van der Waals surface area contributed by atoms with E-state index >= 15 is 0 Å². The van der Waals surface area contributed by atoms with Crippen LogP contribution in [0.3, 0.4) is 0 Å². The Labute approximate surface area is 118 Å². The average molecular weight is 266 g/mol. The van der Waals surface area contributed by atoms with Gasteiger partial charge < -0.3 is 9.73 Å². The quantitative estimate of drug-likeness (QED) is 0.751. The number of nitrogens with zero attached hydrogens (tertiary/aromatic N) is 1. The molecule has 0 radical (unpaired) electrons. The Balaban J connectivity index is 1.98. The van der Waals surface area contributed by atoms with Gasteiger partial charge in [-0.3, -0.25) is 4.98 Å². The van der Waals surface area contributed by atoms with E-state index in [4.69, 9.17) is 4.42 Å². The number of furan rings is 1. The Morgan fingerprint density at radius 3 is 2.65 bits per heavy atom. The third-order valence-corrected chi connectivity index (χ3v) is 3.40. The first-order chi connectivity index (χ1) is 9.63. The highest BCUT2D eigenvalue weighted by Crippen LogP contribution is 2.27. The summed E-state index contributed by atoms with van der Waals surface area (Å²) in [7, 11) is 0. The minimum atomic E-state index is 0.119. The summed E-state index contributed by atoms with van der Waals surface area (Å²) in [6.07, 6.45) is 0. The van der Waals surface area contributed by atoms with Crippen molar-refractivity contribution in [1.29, 1.82) is 0 Å². The average Bonchev–Trinajstić information content (AvgIpc) is 2.85. The molecule has 3 nitrogen and oxygen atoms in total. The second-order valence-corrected chi connectivity index (χ2v) is 5.14. The van der Waals surface area contributed by atoms with E-state index in [1.807, 2.05) is 44.2 Å². The molecule has 0 spiro atoms. The highest BCUT2D eigenvalue weighted by atomic mass is 16.3. The van der Waals surface area contributed by atoms with Gasteiger partial charge in [-0.1, -0.05) is 18.2 Å². The van der Waals surface area contributed by atoms with Gasteiger partial charge >= 0.3 is 0 Å². The molecular weight excluding hydrogens is 248 g/mol. The van der Waals surface area contributed by atoms with Crippen LogP contribution in [0.4, 0.5) is 5.69 Å². The fourth-order valence-corrected chi connectivity index (χ4v) is 2.42. The first-order valence-corrected chi connectivity index (χ1v) is 6.83. The van der Waals surface area contributed by atoms with Gasteiger partial charge in [0.25, 0.3) is 0 Å². The lowest BCUT2D eigenvalue weighted by atomic mass is 10.1. The third kappa shape index (κ3) is 2.39. The van der Waals surface area contributed by atoms with E-state index < -0.39 is 0 Å². The number of benzene rings is 1. The first kappa shape index (κ1) is 12.7. The molecule has 1 unspecified atom stereocenters. The van der Waals surface area contributed by atoms with Gasteiger partial charge in [0.2, 0.25) is 0 Å². The number of hydrogen-bond acceptors (Lipinski definition) is 3. The van der Waals surface area contributed by atoms with Crippen molar-refractivity contribution >= 4 is 16.6 Å².